The van der Waals surface area contributed by atoms with Crippen molar-refractivity contribution in [3.63, 3.8) is 0 Å². The van der Waals surface area contributed by atoms with Crippen molar-refractivity contribution in [3.05, 3.63) is 103 Å². The number of nitrogens with zero attached hydrogens (tertiary/aromatic N) is 3. The number of ether oxygens (including phenoxy) is 1. The third kappa shape index (κ3) is 1.39. The zero-order chi connectivity index (χ0) is 21.8. The number of hydrogen-bond donors (Lipinski definition) is 0. The van der Waals surface area contributed by atoms with Crippen LogP contribution in [0, 0.1) is 0 Å². The maximum absolute atomic E-state index is 6.68. The number of benzene rings is 4. The summed E-state index contributed by atoms with van der Waals surface area (Å²) in [5, 5.41) is 8.65. The smallest absolute Gasteiger partial charge is 0.425 e. The summed E-state index contributed by atoms with van der Waals surface area (Å²) in [7, 11) is 0. The molecule has 0 saturated heterocycles. The van der Waals surface area contributed by atoms with E-state index >= 15 is 0 Å². The highest BCUT2D eigenvalue weighted by molar-refractivity contribution is 6.24. The highest BCUT2D eigenvalue weighted by Gasteiger charge is 2.69. The summed E-state index contributed by atoms with van der Waals surface area (Å²) < 4.78 is 11.6. The summed E-state index contributed by atoms with van der Waals surface area (Å²) in [6.07, 6.45) is 6.38. The third-order valence-electron chi connectivity index (χ3n) is 8.27. The predicted octanol–water partition coefficient (Wildman–Crippen LogP) is 5.45. The molecule has 7 aromatic rings. The van der Waals surface area contributed by atoms with Crippen LogP contribution < -0.4 is 13.9 Å². The lowest BCUT2D eigenvalue weighted by atomic mass is 9.85. The molecule has 4 aromatic carbocycles. The van der Waals surface area contributed by atoms with Crippen molar-refractivity contribution in [2.75, 3.05) is 0 Å². The van der Waals surface area contributed by atoms with E-state index in [9.17, 15) is 0 Å². The first-order valence-corrected chi connectivity index (χ1v) is 11.6. The molecule has 4 nitrogen and oxygen atoms in total. The van der Waals surface area contributed by atoms with Gasteiger partial charge in [-0.25, -0.2) is 0 Å². The molecule has 34 heavy (non-hydrogen) atoms. The third-order valence-corrected chi connectivity index (χ3v) is 8.27. The van der Waals surface area contributed by atoms with Crippen molar-refractivity contribution < 1.29 is 13.9 Å². The molecular formula is C30H15N3O+2. The van der Waals surface area contributed by atoms with Crippen LogP contribution >= 0.6 is 0 Å². The first kappa shape index (κ1) is 16.1. The quantitative estimate of drug-likeness (QED) is 0.235. The van der Waals surface area contributed by atoms with Gasteiger partial charge in [0.25, 0.3) is 0 Å². The second-order valence-corrected chi connectivity index (χ2v) is 9.59. The van der Waals surface area contributed by atoms with Crippen molar-refractivity contribution in [2.24, 2.45) is 0 Å². The average molecular weight is 433 g/mol. The second-order valence-electron chi connectivity index (χ2n) is 9.59. The number of pyridine rings is 3. The van der Waals surface area contributed by atoms with E-state index in [1.165, 1.54) is 59.9 Å². The fraction of sp³-hybridized carbons (Fsp3) is 0.0333. The van der Waals surface area contributed by atoms with Crippen LogP contribution in [0.15, 0.2) is 91.4 Å². The van der Waals surface area contributed by atoms with Gasteiger partial charge in [0.2, 0.25) is 11.0 Å². The van der Waals surface area contributed by atoms with Crippen molar-refractivity contribution >= 4 is 54.3 Å². The molecule has 4 heteroatoms. The SMILES string of the molecule is c1cnc2c(c1)c1ccc3c4c1c1c2ccc[n+]1C41c2c(ccc4ccc5ccc[n+]1c5c24)O3. The first-order valence-electron chi connectivity index (χ1n) is 11.6. The molecule has 1 atom stereocenters. The van der Waals surface area contributed by atoms with E-state index in [-0.39, 0.29) is 0 Å². The minimum atomic E-state index is -0.523. The van der Waals surface area contributed by atoms with Crippen LogP contribution in [0.25, 0.3) is 54.3 Å². The summed E-state index contributed by atoms with van der Waals surface area (Å²) in [6, 6.07) is 26.2. The van der Waals surface area contributed by atoms with Gasteiger partial charge < -0.3 is 4.74 Å². The van der Waals surface area contributed by atoms with E-state index in [0.717, 1.165) is 17.0 Å². The van der Waals surface area contributed by atoms with E-state index < -0.39 is 5.66 Å². The van der Waals surface area contributed by atoms with Gasteiger partial charge in [0.05, 0.1) is 21.7 Å². The fourth-order valence-corrected chi connectivity index (χ4v) is 7.19. The number of rotatable bonds is 0. The minimum Gasteiger partial charge on any atom is -0.456 e. The van der Waals surface area contributed by atoms with Gasteiger partial charge in [0, 0.05) is 29.1 Å². The molecule has 0 N–H and O–H groups in total. The van der Waals surface area contributed by atoms with Crippen LogP contribution in [0.4, 0.5) is 0 Å². The minimum absolute atomic E-state index is 0.523. The van der Waals surface area contributed by atoms with Crippen LogP contribution in [0.1, 0.15) is 11.1 Å². The summed E-state index contributed by atoms with van der Waals surface area (Å²) >= 11 is 0. The fourth-order valence-electron chi connectivity index (χ4n) is 7.19. The van der Waals surface area contributed by atoms with Gasteiger partial charge in [-0.2, -0.15) is 0 Å². The lowest BCUT2D eigenvalue weighted by Crippen LogP contribution is -2.72. The van der Waals surface area contributed by atoms with Gasteiger partial charge in [0.1, 0.15) is 11.5 Å². The summed E-state index contributed by atoms with van der Waals surface area (Å²) in [5.74, 6) is 1.88. The average Bonchev–Trinajstić information content (AvgIpc) is 3.39. The van der Waals surface area contributed by atoms with Crippen LogP contribution in [0.2, 0.25) is 0 Å². The number of fused-ring (bicyclic) bond motifs is 3. The molecule has 0 aliphatic carbocycles. The van der Waals surface area contributed by atoms with Crippen molar-refractivity contribution in [2.45, 2.75) is 5.66 Å². The van der Waals surface area contributed by atoms with Crippen LogP contribution in [-0.2, 0) is 5.66 Å². The van der Waals surface area contributed by atoms with E-state index in [2.05, 4.69) is 88.3 Å². The maximum Gasteiger partial charge on any atom is 0.425 e. The second kappa shape index (κ2) is 4.85. The highest BCUT2D eigenvalue weighted by atomic mass is 16.5. The Kier molecular flexibility index (Phi) is 2.30. The Bertz CT molecular complexity index is 2160. The highest BCUT2D eigenvalue weighted by Crippen LogP contribution is 2.57. The Morgan fingerprint density at radius 3 is 2.29 bits per heavy atom. The largest absolute Gasteiger partial charge is 0.456 e. The standard InChI is InChI=1S/C30H15N3O/c1-5-19-18-10-12-22-26-24(18)29-20(27(19)31-13-1)6-3-15-33(29)30(26)25-21(34-22)11-9-16-7-8-17-4-2-14-32(30)28(17)23(16)25/h1-15H/q+2. The van der Waals surface area contributed by atoms with Gasteiger partial charge in [-0.1, -0.05) is 18.2 Å². The van der Waals surface area contributed by atoms with Crippen LogP contribution in [0.5, 0.6) is 11.5 Å². The Morgan fingerprint density at radius 2 is 1.35 bits per heavy atom. The molecule has 0 amide bonds. The zero-order valence-electron chi connectivity index (χ0n) is 17.9. The molecular weight excluding hydrogens is 418 g/mol. The lowest BCUT2D eigenvalue weighted by Gasteiger charge is -2.26. The monoisotopic (exact) mass is 433 g/mol. The van der Waals surface area contributed by atoms with Crippen LogP contribution in [0.3, 0.4) is 0 Å². The zero-order valence-corrected chi connectivity index (χ0v) is 17.9. The van der Waals surface area contributed by atoms with Crippen molar-refractivity contribution in [3.8, 4) is 11.5 Å². The normalized spacial score (nSPS) is 18.4. The lowest BCUT2D eigenvalue weighted by molar-refractivity contribution is -0.945. The topological polar surface area (TPSA) is 29.9 Å². The Labute approximate surface area is 192 Å². The van der Waals surface area contributed by atoms with Crippen molar-refractivity contribution in [1.29, 1.82) is 0 Å². The number of hydrogen-bond acceptors (Lipinski definition) is 2. The summed E-state index contributed by atoms with van der Waals surface area (Å²) in [4.78, 5) is 4.84. The van der Waals surface area contributed by atoms with Gasteiger partial charge in [0.15, 0.2) is 23.5 Å². The molecule has 6 heterocycles. The van der Waals surface area contributed by atoms with E-state index in [1.54, 1.807) is 0 Å². The number of aromatic nitrogens is 3. The maximum atomic E-state index is 6.68. The molecule has 0 radical (unpaired) electrons. The first-order chi connectivity index (χ1) is 16.9. The van der Waals surface area contributed by atoms with Gasteiger partial charge >= 0.3 is 5.66 Å². The van der Waals surface area contributed by atoms with Crippen molar-refractivity contribution in [1.82, 2.24) is 4.98 Å². The van der Waals surface area contributed by atoms with E-state index in [4.69, 9.17) is 9.72 Å². The van der Waals surface area contributed by atoms with Crippen LogP contribution in [-0.4, -0.2) is 4.98 Å². The molecule has 0 saturated carbocycles. The molecule has 0 bridgehead atoms. The van der Waals surface area contributed by atoms with Gasteiger partial charge in [-0.3, -0.25) is 4.98 Å². The molecule has 1 spiro atoms. The van der Waals surface area contributed by atoms with Gasteiger partial charge in [-0.05, 0) is 53.2 Å². The Hall–Kier alpha value is -4.57. The molecule has 3 aliphatic heterocycles. The summed E-state index contributed by atoms with van der Waals surface area (Å²) in [5.41, 5.74) is 5.50. The molecule has 1 unspecified atom stereocenters. The predicted molar refractivity (Wildman–Crippen MR) is 130 cm³/mol. The van der Waals surface area contributed by atoms with E-state index in [0.29, 0.717) is 0 Å². The molecule has 3 aromatic heterocycles. The Balaban J connectivity index is 1.60. The van der Waals surface area contributed by atoms with E-state index in [1.807, 2.05) is 12.3 Å². The molecule has 3 aliphatic rings. The van der Waals surface area contributed by atoms with Gasteiger partial charge in [-0.15, -0.1) is 9.13 Å². The summed E-state index contributed by atoms with van der Waals surface area (Å²) in [6.45, 7) is 0. The molecule has 154 valence electrons. The molecule has 10 rings (SSSR count). The molecule has 0 fully saturated rings. The Morgan fingerprint density at radius 1 is 0.618 bits per heavy atom.